The van der Waals surface area contributed by atoms with Gasteiger partial charge in [-0.2, -0.15) is 0 Å². The number of likely N-dealkylation sites (N-methyl/N-ethyl adjacent to an activating group) is 1. The third-order valence-electron chi connectivity index (χ3n) is 16.2. The van der Waals surface area contributed by atoms with Crippen LogP contribution in [0.15, 0.2) is 109 Å². The van der Waals surface area contributed by atoms with Crippen LogP contribution in [-0.4, -0.2) is 69.4 Å². The summed E-state index contributed by atoms with van der Waals surface area (Å²) in [4.78, 5) is 40.2. The van der Waals surface area contributed by atoms with Crippen LogP contribution in [-0.2, 0) is 27.9 Å². The lowest BCUT2D eigenvalue weighted by atomic mass is 10.0. The molecule has 0 aromatic heterocycles. The minimum Gasteiger partial charge on any atom is -0.756 e. The van der Waals surface area contributed by atoms with Gasteiger partial charge in [0.25, 0.3) is 7.82 Å². The summed E-state index contributed by atoms with van der Waals surface area (Å²) < 4.78 is 30.5. The summed E-state index contributed by atoms with van der Waals surface area (Å²) in [5.74, 6) is -0.545. The Balaban J connectivity index is 4.97. The number of carbonyl (C=O) groups is 2. The quantitative estimate of drug-likeness (QED) is 0.0212. The predicted octanol–water partition coefficient (Wildman–Crippen LogP) is 23.4. The van der Waals surface area contributed by atoms with Gasteiger partial charge in [-0.15, -0.1) is 0 Å². The minimum absolute atomic E-state index is 0.0275. The SMILES string of the molecule is CC/C=C\C/C=C\C/C=C\C/C=C\C/C=C\CCCCCCCCCCCC(=O)NC(COP(=O)([O-])OCC[N+](C)(C)C)C(/C=C/CCCCCCCCCCC)OC(=O)CCCCCCCCCCCCCCCC/C=C\C/C=C\C/C=C\CCCCC. The Bertz CT molecular complexity index is 1890. The molecule has 0 saturated carbocycles. The van der Waals surface area contributed by atoms with Crippen molar-refractivity contribution in [3.05, 3.63) is 109 Å². The molecule has 514 valence electrons. The number of phosphoric ester groups is 1. The van der Waals surface area contributed by atoms with Crippen LogP contribution in [0.3, 0.4) is 0 Å². The Hall–Kier alpha value is -3.33. The third-order valence-corrected chi connectivity index (χ3v) is 17.2. The van der Waals surface area contributed by atoms with Gasteiger partial charge in [0.05, 0.1) is 33.8 Å². The highest BCUT2D eigenvalue weighted by molar-refractivity contribution is 7.45. The fraction of sp³-hybridized carbons (Fsp3) is 0.747. The van der Waals surface area contributed by atoms with Crippen molar-refractivity contribution in [2.45, 2.75) is 341 Å². The van der Waals surface area contributed by atoms with Gasteiger partial charge in [-0.05, 0) is 115 Å². The lowest BCUT2D eigenvalue weighted by molar-refractivity contribution is -0.870. The van der Waals surface area contributed by atoms with Crippen LogP contribution in [0.25, 0.3) is 0 Å². The summed E-state index contributed by atoms with van der Waals surface area (Å²) in [5.41, 5.74) is 0. The summed E-state index contributed by atoms with van der Waals surface area (Å²) in [5, 5.41) is 3.04. The molecule has 0 heterocycles. The van der Waals surface area contributed by atoms with E-state index in [0.717, 1.165) is 116 Å². The average Bonchev–Trinajstić information content (AvgIpc) is 3.62. The molecule has 0 aliphatic rings. The smallest absolute Gasteiger partial charge is 0.306 e. The van der Waals surface area contributed by atoms with Crippen molar-refractivity contribution in [3.63, 3.8) is 0 Å². The van der Waals surface area contributed by atoms with Crippen molar-refractivity contribution in [1.29, 1.82) is 0 Å². The molecule has 0 aliphatic carbocycles. The molecule has 9 nitrogen and oxygen atoms in total. The first-order chi connectivity index (χ1) is 43.4. The Morgan fingerprint density at radius 3 is 1.10 bits per heavy atom. The molecule has 0 radical (unpaired) electrons. The monoisotopic (exact) mass is 1260 g/mol. The number of quaternary nitrogens is 1. The number of nitrogens with one attached hydrogen (secondary N) is 1. The van der Waals surface area contributed by atoms with Gasteiger partial charge >= 0.3 is 5.97 Å². The molecule has 1 N–H and O–H groups in total. The number of unbranched alkanes of at least 4 members (excludes halogenated alkanes) is 35. The van der Waals surface area contributed by atoms with Gasteiger partial charge in [-0.3, -0.25) is 14.2 Å². The molecule has 0 bridgehead atoms. The standard InChI is InChI=1S/C79H141N2O7P/c1-7-10-13-16-19-22-25-27-29-31-33-35-37-39-40-42-44-46-48-50-52-54-57-60-63-66-69-72-79(83)88-77(70-67-64-61-58-55-24-21-18-15-12-9-3)76(75-87-89(84,85)86-74-73-81(4,5)6)80-78(82)71-68-65-62-59-56-53-51-49-47-45-43-41-38-36-34-32-30-28-26-23-20-17-14-11-8-2/h11,14,19-20,22-23,27-30,33-36,41,43,67,70,76-77H,7-10,12-13,15-18,21,24-26,31-32,37-40,42,44-66,68-69,71-75H2,1-6H3,(H-,80,82,84,85)/b14-11-,22-19-,23-20-,29-27-,30-28-,35-33-,36-34-,43-41-,70-67+. The maximum absolute atomic E-state index is 13.6. The molecule has 0 fully saturated rings. The molecule has 3 atom stereocenters. The number of esters is 1. The maximum Gasteiger partial charge on any atom is 0.306 e. The number of carbonyl (C=O) groups excluding carboxylic acids is 2. The largest absolute Gasteiger partial charge is 0.756 e. The average molecular weight is 1260 g/mol. The van der Waals surface area contributed by atoms with Gasteiger partial charge in [0.2, 0.25) is 5.91 Å². The number of phosphoric acid groups is 1. The zero-order valence-electron chi connectivity index (χ0n) is 58.9. The van der Waals surface area contributed by atoms with E-state index in [9.17, 15) is 19.0 Å². The predicted molar refractivity (Wildman–Crippen MR) is 385 cm³/mol. The first-order valence-electron chi connectivity index (χ1n) is 37.2. The van der Waals surface area contributed by atoms with Crippen molar-refractivity contribution in [3.8, 4) is 0 Å². The van der Waals surface area contributed by atoms with Gasteiger partial charge in [-0.1, -0.05) is 310 Å². The van der Waals surface area contributed by atoms with E-state index < -0.39 is 26.6 Å². The van der Waals surface area contributed by atoms with Gasteiger partial charge in [0.15, 0.2) is 0 Å². The van der Waals surface area contributed by atoms with E-state index >= 15 is 0 Å². The zero-order valence-corrected chi connectivity index (χ0v) is 59.8. The van der Waals surface area contributed by atoms with Crippen molar-refractivity contribution >= 4 is 19.7 Å². The topological polar surface area (TPSA) is 114 Å². The molecule has 0 spiro atoms. The van der Waals surface area contributed by atoms with Crippen LogP contribution in [0.4, 0.5) is 0 Å². The highest BCUT2D eigenvalue weighted by Crippen LogP contribution is 2.38. The number of nitrogens with zero attached hydrogens (tertiary/aromatic N) is 1. The first kappa shape index (κ1) is 85.7. The maximum atomic E-state index is 13.6. The van der Waals surface area contributed by atoms with Gasteiger partial charge in [-0.25, -0.2) is 0 Å². The second kappa shape index (κ2) is 67.6. The van der Waals surface area contributed by atoms with Crippen molar-refractivity contribution in [2.24, 2.45) is 0 Å². The van der Waals surface area contributed by atoms with E-state index in [4.69, 9.17) is 13.8 Å². The number of hydrogen-bond acceptors (Lipinski definition) is 7. The van der Waals surface area contributed by atoms with E-state index in [1.807, 2.05) is 33.3 Å². The molecule has 0 aromatic carbocycles. The highest BCUT2D eigenvalue weighted by Gasteiger charge is 2.27. The van der Waals surface area contributed by atoms with Crippen LogP contribution in [0.1, 0.15) is 329 Å². The van der Waals surface area contributed by atoms with Crippen LogP contribution in [0.2, 0.25) is 0 Å². The lowest BCUT2D eigenvalue weighted by Gasteiger charge is -2.30. The van der Waals surface area contributed by atoms with Gasteiger partial charge in [0, 0.05) is 12.8 Å². The van der Waals surface area contributed by atoms with E-state index in [0.29, 0.717) is 17.4 Å². The molecule has 0 aliphatic heterocycles. The normalized spacial score (nSPS) is 14.1. The number of amides is 1. The van der Waals surface area contributed by atoms with Crippen molar-refractivity contribution in [1.82, 2.24) is 5.32 Å². The third kappa shape index (κ3) is 68.9. The highest BCUT2D eigenvalue weighted by atomic mass is 31.2. The molecule has 89 heavy (non-hydrogen) atoms. The van der Waals surface area contributed by atoms with E-state index in [-0.39, 0.29) is 24.9 Å². The Kier molecular flexibility index (Phi) is 65.0. The zero-order chi connectivity index (χ0) is 64.9. The molecule has 3 unspecified atom stereocenters. The summed E-state index contributed by atoms with van der Waals surface area (Å²) >= 11 is 0. The number of ether oxygens (including phenoxy) is 1. The van der Waals surface area contributed by atoms with Crippen molar-refractivity contribution < 1.29 is 37.3 Å². The molecule has 10 heteroatoms. The van der Waals surface area contributed by atoms with Crippen LogP contribution >= 0.6 is 7.82 Å². The second-order valence-corrected chi connectivity index (χ2v) is 27.5. The Morgan fingerprint density at radius 2 is 0.719 bits per heavy atom. The van der Waals surface area contributed by atoms with E-state index in [1.165, 1.54) is 180 Å². The summed E-state index contributed by atoms with van der Waals surface area (Å²) in [6.45, 7) is 6.72. The molecule has 0 saturated heterocycles. The molecular weight excluding hydrogens is 1120 g/mol. The van der Waals surface area contributed by atoms with Crippen molar-refractivity contribution in [2.75, 3.05) is 40.9 Å². The van der Waals surface area contributed by atoms with E-state index in [2.05, 4.69) is 123 Å². The van der Waals surface area contributed by atoms with Crippen LogP contribution in [0, 0.1) is 0 Å². The molecule has 0 rings (SSSR count). The summed E-state index contributed by atoms with van der Waals surface area (Å²) in [6.07, 6.45) is 93.6. The Morgan fingerprint density at radius 1 is 0.404 bits per heavy atom. The fourth-order valence-corrected chi connectivity index (χ4v) is 11.2. The second-order valence-electron chi connectivity index (χ2n) is 26.1. The summed E-state index contributed by atoms with van der Waals surface area (Å²) in [6, 6.07) is -0.899. The van der Waals surface area contributed by atoms with E-state index in [1.54, 1.807) is 0 Å². The minimum atomic E-state index is -4.71. The van der Waals surface area contributed by atoms with Crippen LogP contribution in [0.5, 0.6) is 0 Å². The molecule has 0 aromatic rings. The van der Waals surface area contributed by atoms with Crippen LogP contribution < -0.4 is 10.2 Å². The summed E-state index contributed by atoms with van der Waals surface area (Å²) in [7, 11) is 1.18. The van der Waals surface area contributed by atoms with Gasteiger partial charge in [0.1, 0.15) is 19.3 Å². The van der Waals surface area contributed by atoms with Gasteiger partial charge < -0.3 is 28.5 Å². The lowest BCUT2D eigenvalue weighted by Crippen LogP contribution is -2.47. The first-order valence-corrected chi connectivity index (χ1v) is 38.7. The molecular formula is C79H141N2O7P. The number of hydrogen-bond donors (Lipinski definition) is 1. The molecule has 1 amide bonds. The number of allylic oxidation sites excluding steroid dienone is 17. The fourth-order valence-electron chi connectivity index (χ4n) is 10.5. The number of rotatable bonds is 67. The Labute approximate surface area is 551 Å².